The van der Waals surface area contributed by atoms with Gasteiger partial charge < -0.3 is 15.1 Å². The quantitative estimate of drug-likeness (QED) is 0.290. The van der Waals surface area contributed by atoms with Crippen LogP contribution >= 0.6 is 0 Å². The third-order valence-electron chi connectivity index (χ3n) is 3.25. The van der Waals surface area contributed by atoms with E-state index in [0.717, 1.165) is 16.1 Å². The van der Waals surface area contributed by atoms with Crippen molar-refractivity contribution < 1.29 is 14.0 Å². The fourth-order valence-corrected chi connectivity index (χ4v) is 2.29. The molecular weight excluding hydrogens is 272 g/mol. The predicted octanol–water partition coefficient (Wildman–Crippen LogP) is 1.36. The van der Waals surface area contributed by atoms with Crippen molar-refractivity contribution in [1.29, 1.82) is 0 Å². The maximum absolute atomic E-state index is 11.6. The Balaban J connectivity index is 2.23. The summed E-state index contributed by atoms with van der Waals surface area (Å²) in [5.41, 5.74) is 8.00. The normalized spacial score (nSPS) is 10.7. The molecule has 2 amide bonds. The molecule has 0 saturated carbocycles. The number of anilines is 1. The summed E-state index contributed by atoms with van der Waals surface area (Å²) >= 11 is 0. The summed E-state index contributed by atoms with van der Waals surface area (Å²) in [6, 6.07) is 7.23. The molecule has 0 spiro atoms. The number of amides is 2. The third kappa shape index (κ3) is 2.05. The van der Waals surface area contributed by atoms with E-state index in [2.05, 4.69) is 4.98 Å². The molecule has 0 saturated heterocycles. The Labute approximate surface area is 119 Å². The topological polar surface area (TPSA) is 118 Å². The second-order valence-corrected chi connectivity index (χ2v) is 4.50. The van der Waals surface area contributed by atoms with Crippen molar-refractivity contribution in [3.63, 3.8) is 0 Å². The van der Waals surface area contributed by atoms with Crippen LogP contribution in [0.2, 0.25) is 0 Å². The van der Waals surface area contributed by atoms with Gasteiger partial charge in [-0.05, 0) is 17.7 Å². The van der Waals surface area contributed by atoms with Gasteiger partial charge in [0.25, 0.3) is 5.91 Å². The summed E-state index contributed by atoms with van der Waals surface area (Å²) in [5.74, 6) is 5.04. The van der Waals surface area contributed by atoms with Gasteiger partial charge in [-0.2, -0.15) is 0 Å². The lowest BCUT2D eigenvalue weighted by Crippen LogP contribution is -2.31. The first kappa shape index (κ1) is 12.9. The molecule has 0 unspecified atom stereocenters. The van der Waals surface area contributed by atoms with Gasteiger partial charge in [-0.3, -0.25) is 9.59 Å². The van der Waals surface area contributed by atoms with Gasteiger partial charge in [-0.15, -0.1) is 0 Å². The molecule has 3 aromatic rings. The van der Waals surface area contributed by atoms with Crippen LogP contribution < -0.4 is 16.6 Å². The lowest BCUT2D eigenvalue weighted by atomic mass is 10.1. The van der Waals surface area contributed by atoms with Crippen LogP contribution in [-0.4, -0.2) is 17.3 Å². The van der Waals surface area contributed by atoms with Gasteiger partial charge >= 0.3 is 0 Å². The highest BCUT2D eigenvalue weighted by molar-refractivity contribution is 6.12. The molecule has 0 bridgehead atoms. The molecule has 1 aromatic carbocycles. The molecule has 0 aliphatic carbocycles. The van der Waals surface area contributed by atoms with E-state index in [9.17, 15) is 9.59 Å². The zero-order valence-corrected chi connectivity index (χ0v) is 10.9. The minimum Gasteiger partial charge on any atom is -0.472 e. The molecule has 5 N–H and O–H groups in total. The number of aromatic nitrogens is 1. The molecule has 2 heterocycles. The van der Waals surface area contributed by atoms with Crippen LogP contribution in [0, 0.1) is 0 Å². The highest BCUT2D eigenvalue weighted by atomic mass is 16.3. The molecule has 0 atom stereocenters. The van der Waals surface area contributed by atoms with E-state index in [0.29, 0.717) is 17.3 Å². The summed E-state index contributed by atoms with van der Waals surface area (Å²) in [4.78, 5) is 25.4. The number of benzene rings is 1. The number of hydrogen-bond donors (Lipinski definition) is 3. The fraction of sp³-hybridized carbons (Fsp3) is 0. The highest BCUT2D eigenvalue weighted by Crippen LogP contribution is 2.31. The second kappa shape index (κ2) is 4.80. The summed E-state index contributed by atoms with van der Waals surface area (Å²) in [6.45, 7) is 0. The monoisotopic (exact) mass is 284 g/mol. The van der Waals surface area contributed by atoms with E-state index in [1.165, 1.54) is 0 Å². The Morgan fingerprint density at radius 2 is 2.10 bits per heavy atom. The molecule has 7 nitrogen and oxygen atoms in total. The summed E-state index contributed by atoms with van der Waals surface area (Å²) in [5, 5.41) is 1.39. The van der Waals surface area contributed by atoms with Crippen molar-refractivity contribution in [3.8, 4) is 11.1 Å². The molecule has 0 radical (unpaired) electrons. The number of fused-ring (bicyclic) bond motifs is 1. The number of aromatic amines is 1. The standard InChI is InChI=1S/C14H12N4O3/c15-13(20)12-10-2-1-8(9-3-4-21-6-9)5-11(10)17-14(12)18(16)7-19/h1-7,17H,16H2,(H2,15,20). The summed E-state index contributed by atoms with van der Waals surface area (Å²) in [7, 11) is 0. The number of carbonyl (C=O) groups is 2. The van der Waals surface area contributed by atoms with Crippen molar-refractivity contribution >= 4 is 29.0 Å². The number of hydrogen-bond acceptors (Lipinski definition) is 4. The van der Waals surface area contributed by atoms with E-state index in [-0.39, 0.29) is 11.4 Å². The van der Waals surface area contributed by atoms with Crippen LogP contribution in [0.3, 0.4) is 0 Å². The van der Waals surface area contributed by atoms with Gasteiger partial charge in [0.05, 0.1) is 18.1 Å². The number of rotatable bonds is 4. The van der Waals surface area contributed by atoms with E-state index in [1.807, 2.05) is 18.2 Å². The van der Waals surface area contributed by atoms with Crippen LogP contribution in [0.4, 0.5) is 5.82 Å². The van der Waals surface area contributed by atoms with Gasteiger partial charge in [0.15, 0.2) is 0 Å². The van der Waals surface area contributed by atoms with E-state index < -0.39 is 5.91 Å². The third-order valence-corrected chi connectivity index (χ3v) is 3.25. The maximum atomic E-state index is 11.6. The minimum atomic E-state index is -0.662. The number of primary amides is 1. The van der Waals surface area contributed by atoms with Gasteiger partial charge in [0.2, 0.25) is 6.41 Å². The summed E-state index contributed by atoms with van der Waals surface area (Å²) in [6.07, 6.45) is 3.58. The minimum absolute atomic E-state index is 0.164. The molecule has 3 rings (SSSR count). The largest absolute Gasteiger partial charge is 0.472 e. The van der Waals surface area contributed by atoms with Crippen LogP contribution in [0.5, 0.6) is 0 Å². The molecule has 2 aromatic heterocycles. The number of nitrogens with zero attached hydrogens (tertiary/aromatic N) is 1. The van der Waals surface area contributed by atoms with Gasteiger partial charge in [0.1, 0.15) is 5.82 Å². The van der Waals surface area contributed by atoms with E-state index in [4.69, 9.17) is 16.0 Å². The number of carbonyl (C=O) groups excluding carboxylic acids is 2. The Morgan fingerprint density at radius 3 is 2.71 bits per heavy atom. The Morgan fingerprint density at radius 1 is 1.29 bits per heavy atom. The molecule has 106 valence electrons. The maximum Gasteiger partial charge on any atom is 0.253 e. The van der Waals surface area contributed by atoms with Crippen molar-refractivity contribution in [2.24, 2.45) is 11.6 Å². The number of H-pyrrole nitrogens is 1. The zero-order valence-electron chi connectivity index (χ0n) is 10.9. The van der Waals surface area contributed by atoms with Crippen molar-refractivity contribution in [2.75, 3.05) is 5.01 Å². The van der Waals surface area contributed by atoms with Crippen LogP contribution in [0.1, 0.15) is 10.4 Å². The second-order valence-electron chi connectivity index (χ2n) is 4.50. The van der Waals surface area contributed by atoms with Crippen LogP contribution in [0.25, 0.3) is 22.0 Å². The number of nitrogens with one attached hydrogen (secondary N) is 1. The zero-order chi connectivity index (χ0) is 15.0. The SMILES string of the molecule is NC(=O)c1c(N(N)C=O)[nH]c2cc(-c3ccoc3)ccc12. The average Bonchev–Trinajstić information content (AvgIpc) is 3.12. The van der Waals surface area contributed by atoms with Crippen molar-refractivity contribution in [3.05, 3.63) is 42.4 Å². The van der Waals surface area contributed by atoms with Crippen LogP contribution in [0.15, 0.2) is 41.2 Å². The molecule has 0 aliphatic rings. The van der Waals surface area contributed by atoms with Gasteiger partial charge in [-0.1, -0.05) is 12.1 Å². The van der Waals surface area contributed by atoms with E-state index >= 15 is 0 Å². The van der Waals surface area contributed by atoms with Crippen LogP contribution in [-0.2, 0) is 4.79 Å². The molecular formula is C14H12N4O3. The average molecular weight is 284 g/mol. The first-order valence-electron chi connectivity index (χ1n) is 6.09. The Bertz CT molecular complexity index is 820. The van der Waals surface area contributed by atoms with E-state index in [1.54, 1.807) is 18.6 Å². The lowest BCUT2D eigenvalue weighted by Gasteiger charge is -2.08. The highest BCUT2D eigenvalue weighted by Gasteiger charge is 2.19. The Kier molecular flexibility index (Phi) is 2.96. The number of hydrazine groups is 1. The summed E-state index contributed by atoms with van der Waals surface area (Å²) < 4.78 is 5.04. The smallest absolute Gasteiger partial charge is 0.253 e. The molecule has 0 aliphatic heterocycles. The number of nitrogens with two attached hydrogens (primary N) is 2. The van der Waals surface area contributed by atoms with Crippen molar-refractivity contribution in [2.45, 2.75) is 0 Å². The number of furan rings is 1. The lowest BCUT2D eigenvalue weighted by molar-refractivity contribution is -0.107. The van der Waals surface area contributed by atoms with Gasteiger partial charge in [0, 0.05) is 16.5 Å². The molecule has 0 fully saturated rings. The Hall–Kier alpha value is -3.06. The first-order chi connectivity index (χ1) is 10.1. The predicted molar refractivity (Wildman–Crippen MR) is 77.2 cm³/mol. The first-order valence-corrected chi connectivity index (χ1v) is 6.09. The van der Waals surface area contributed by atoms with Gasteiger partial charge in [-0.25, -0.2) is 10.9 Å². The van der Waals surface area contributed by atoms with Crippen molar-refractivity contribution in [1.82, 2.24) is 4.98 Å². The molecule has 21 heavy (non-hydrogen) atoms. The fourth-order valence-electron chi connectivity index (χ4n) is 2.29. The molecule has 7 heteroatoms.